The zero-order chi connectivity index (χ0) is 10.7. The number of hydrogen-bond donors (Lipinski definition) is 0. The third kappa shape index (κ3) is 2.79. The molecule has 0 saturated carbocycles. The molecule has 78 valence electrons. The van der Waals surface area contributed by atoms with Gasteiger partial charge in [0.25, 0.3) is 0 Å². The molecule has 0 aliphatic heterocycles. The van der Waals surface area contributed by atoms with Crippen molar-refractivity contribution in [2.24, 2.45) is 0 Å². The molecule has 1 aromatic carbocycles. The Kier molecular flexibility index (Phi) is 3.38. The number of ether oxygens (including phenoxy) is 1. The van der Waals surface area contributed by atoms with Crippen LogP contribution in [0.5, 0.6) is 5.75 Å². The van der Waals surface area contributed by atoms with Crippen LogP contribution >= 0.6 is 27.3 Å². The molecule has 0 bridgehead atoms. The highest BCUT2D eigenvalue weighted by molar-refractivity contribution is 9.10. The van der Waals surface area contributed by atoms with Gasteiger partial charge in [-0.3, -0.25) is 0 Å². The van der Waals surface area contributed by atoms with Crippen LogP contribution < -0.4 is 4.74 Å². The number of hydrogen-bond acceptors (Lipinski definition) is 2. The van der Waals surface area contributed by atoms with E-state index in [2.05, 4.69) is 15.9 Å². The third-order valence-corrected chi connectivity index (χ3v) is 3.22. The van der Waals surface area contributed by atoms with Crippen molar-refractivity contribution in [2.45, 2.75) is 6.61 Å². The van der Waals surface area contributed by atoms with Gasteiger partial charge in [0, 0.05) is 0 Å². The number of halogens is 2. The molecule has 1 heterocycles. The number of thiophene rings is 1. The van der Waals surface area contributed by atoms with E-state index >= 15 is 0 Å². The molecular weight excluding hydrogens is 279 g/mol. The Morgan fingerprint density at radius 2 is 2.20 bits per heavy atom. The van der Waals surface area contributed by atoms with E-state index in [-0.39, 0.29) is 5.82 Å². The first-order valence-electron chi connectivity index (χ1n) is 4.34. The van der Waals surface area contributed by atoms with Crippen LogP contribution in [-0.2, 0) is 6.61 Å². The molecule has 0 aliphatic carbocycles. The maximum absolute atomic E-state index is 12.8. The molecule has 1 nitrogen and oxygen atoms in total. The average Bonchev–Trinajstić information content (AvgIpc) is 2.69. The first-order chi connectivity index (χ1) is 7.25. The van der Waals surface area contributed by atoms with E-state index in [1.165, 1.54) is 12.1 Å². The van der Waals surface area contributed by atoms with Gasteiger partial charge >= 0.3 is 0 Å². The maximum atomic E-state index is 12.8. The van der Waals surface area contributed by atoms with Gasteiger partial charge in [0.05, 0.1) is 4.47 Å². The molecule has 2 aromatic rings. The summed E-state index contributed by atoms with van der Waals surface area (Å²) in [6.45, 7) is 0.508. The Labute approximate surface area is 99.6 Å². The topological polar surface area (TPSA) is 9.23 Å². The smallest absolute Gasteiger partial charge is 0.134 e. The highest BCUT2D eigenvalue weighted by Crippen LogP contribution is 2.26. The van der Waals surface area contributed by atoms with Crippen LogP contribution in [0.3, 0.4) is 0 Å². The molecule has 0 unspecified atom stereocenters. The van der Waals surface area contributed by atoms with Crippen LogP contribution in [-0.4, -0.2) is 0 Å². The van der Waals surface area contributed by atoms with Gasteiger partial charge in [0.15, 0.2) is 0 Å². The van der Waals surface area contributed by atoms with Crippen molar-refractivity contribution in [2.75, 3.05) is 0 Å². The van der Waals surface area contributed by atoms with E-state index in [1.807, 2.05) is 16.8 Å². The number of rotatable bonds is 3. The highest BCUT2D eigenvalue weighted by atomic mass is 79.9. The highest BCUT2D eigenvalue weighted by Gasteiger charge is 2.02. The van der Waals surface area contributed by atoms with E-state index < -0.39 is 0 Å². The third-order valence-electron chi connectivity index (χ3n) is 1.87. The number of benzene rings is 1. The summed E-state index contributed by atoms with van der Waals surface area (Å²) in [4.78, 5) is 0. The van der Waals surface area contributed by atoms with Gasteiger partial charge in [0.2, 0.25) is 0 Å². The molecule has 0 N–H and O–H groups in total. The zero-order valence-corrected chi connectivity index (χ0v) is 10.1. The first-order valence-corrected chi connectivity index (χ1v) is 6.08. The maximum Gasteiger partial charge on any atom is 0.134 e. The summed E-state index contributed by atoms with van der Waals surface area (Å²) in [7, 11) is 0. The molecule has 0 aliphatic rings. The van der Waals surface area contributed by atoms with Crippen LogP contribution in [0.4, 0.5) is 4.39 Å². The van der Waals surface area contributed by atoms with Crippen molar-refractivity contribution in [1.29, 1.82) is 0 Å². The lowest BCUT2D eigenvalue weighted by Gasteiger charge is -2.06. The first kappa shape index (κ1) is 10.6. The molecule has 1 aromatic heterocycles. The second kappa shape index (κ2) is 4.77. The molecule has 0 saturated heterocycles. The van der Waals surface area contributed by atoms with E-state index in [0.29, 0.717) is 16.8 Å². The van der Waals surface area contributed by atoms with E-state index in [9.17, 15) is 4.39 Å². The Morgan fingerprint density at radius 1 is 1.33 bits per heavy atom. The molecule has 4 heteroatoms. The Morgan fingerprint density at radius 3 is 2.87 bits per heavy atom. The normalized spacial score (nSPS) is 10.3. The van der Waals surface area contributed by atoms with Crippen LogP contribution in [0.25, 0.3) is 0 Å². The van der Waals surface area contributed by atoms with Gasteiger partial charge in [0.1, 0.15) is 18.2 Å². The van der Waals surface area contributed by atoms with Crippen molar-refractivity contribution in [3.63, 3.8) is 0 Å². The predicted molar refractivity (Wildman–Crippen MR) is 62.8 cm³/mol. The van der Waals surface area contributed by atoms with Crippen LogP contribution in [0, 0.1) is 5.82 Å². The summed E-state index contributed by atoms with van der Waals surface area (Å²) in [6, 6.07) is 6.39. The van der Waals surface area contributed by atoms with Gasteiger partial charge in [-0.15, -0.1) is 0 Å². The van der Waals surface area contributed by atoms with Gasteiger partial charge < -0.3 is 4.74 Å². The largest absolute Gasteiger partial charge is 0.488 e. The quantitative estimate of drug-likeness (QED) is 0.821. The SMILES string of the molecule is Fc1ccc(OCc2ccsc2)c(Br)c1. The summed E-state index contributed by atoms with van der Waals surface area (Å²) >= 11 is 4.88. The summed E-state index contributed by atoms with van der Waals surface area (Å²) in [5.74, 6) is 0.382. The van der Waals surface area contributed by atoms with Gasteiger partial charge in [-0.05, 0) is 56.5 Å². The Bertz CT molecular complexity index is 442. The fraction of sp³-hybridized carbons (Fsp3) is 0.0909. The summed E-state index contributed by atoms with van der Waals surface area (Å²) < 4.78 is 18.9. The minimum absolute atomic E-state index is 0.273. The van der Waals surface area contributed by atoms with Crippen molar-refractivity contribution in [1.82, 2.24) is 0 Å². The van der Waals surface area contributed by atoms with E-state index in [4.69, 9.17) is 4.74 Å². The zero-order valence-electron chi connectivity index (χ0n) is 7.74. The summed E-state index contributed by atoms with van der Waals surface area (Å²) in [5, 5.41) is 4.02. The lowest BCUT2D eigenvalue weighted by Crippen LogP contribution is -1.94. The predicted octanol–water partition coefficient (Wildman–Crippen LogP) is 4.23. The molecule has 0 atom stereocenters. The molecule has 2 rings (SSSR count). The lowest BCUT2D eigenvalue weighted by molar-refractivity contribution is 0.304. The standard InChI is InChI=1S/C11H8BrFOS/c12-10-5-9(13)1-2-11(10)14-6-8-3-4-15-7-8/h1-5,7H,6H2. The van der Waals surface area contributed by atoms with Gasteiger partial charge in [-0.2, -0.15) is 11.3 Å². The minimum Gasteiger partial charge on any atom is -0.488 e. The average molecular weight is 287 g/mol. The summed E-state index contributed by atoms with van der Waals surface area (Å²) in [5.41, 5.74) is 1.12. The molecule has 0 spiro atoms. The van der Waals surface area contributed by atoms with Crippen molar-refractivity contribution in [3.05, 3.63) is 50.9 Å². The van der Waals surface area contributed by atoms with Crippen molar-refractivity contribution < 1.29 is 9.13 Å². The molecule has 0 fully saturated rings. The fourth-order valence-electron chi connectivity index (χ4n) is 1.13. The summed E-state index contributed by atoms with van der Waals surface area (Å²) in [6.07, 6.45) is 0. The fourth-order valence-corrected chi connectivity index (χ4v) is 2.25. The minimum atomic E-state index is -0.273. The van der Waals surface area contributed by atoms with Crippen LogP contribution in [0.1, 0.15) is 5.56 Å². The van der Waals surface area contributed by atoms with Gasteiger partial charge in [-0.25, -0.2) is 4.39 Å². The van der Waals surface area contributed by atoms with Crippen molar-refractivity contribution >= 4 is 27.3 Å². The Balaban J connectivity index is 2.05. The van der Waals surface area contributed by atoms with Crippen molar-refractivity contribution in [3.8, 4) is 5.75 Å². The lowest BCUT2D eigenvalue weighted by atomic mass is 10.3. The monoisotopic (exact) mass is 286 g/mol. The molecule has 0 radical (unpaired) electrons. The second-order valence-electron chi connectivity index (χ2n) is 3.00. The van der Waals surface area contributed by atoms with E-state index in [0.717, 1.165) is 5.56 Å². The molecule has 15 heavy (non-hydrogen) atoms. The Hall–Kier alpha value is -0.870. The van der Waals surface area contributed by atoms with Gasteiger partial charge in [-0.1, -0.05) is 0 Å². The van der Waals surface area contributed by atoms with Crippen LogP contribution in [0.2, 0.25) is 0 Å². The molecular formula is C11H8BrFOS. The molecule has 0 amide bonds. The van der Waals surface area contributed by atoms with Crippen LogP contribution in [0.15, 0.2) is 39.5 Å². The van der Waals surface area contributed by atoms with E-state index in [1.54, 1.807) is 17.4 Å². The second-order valence-corrected chi connectivity index (χ2v) is 4.63.